The number of phenolic OH excluding ortho intramolecular Hbond substituents is 1. The Bertz CT molecular complexity index is 876. The minimum Gasteiger partial charge on any atom is -0.508 e. The molecule has 0 aliphatic carbocycles. The molecule has 28 heavy (non-hydrogen) atoms. The molecule has 0 saturated heterocycles. The number of hydrogen-bond donors (Lipinski definition) is 2. The van der Waals surface area contributed by atoms with Gasteiger partial charge in [-0.3, -0.25) is 10.2 Å². The van der Waals surface area contributed by atoms with E-state index in [4.69, 9.17) is 5.41 Å². The summed E-state index contributed by atoms with van der Waals surface area (Å²) in [4.78, 5) is 19.1. The van der Waals surface area contributed by atoms with Crippen LogP contribution < -0.4 is 0 Å². The highest BCUT2D eigenvalue weighted by atomic mass is 16.3. The molecule has 0 saturated carbocycles. The van der Waals surface area contributed by atoms with Crippen molar-refractivity contribution in [3.8, 4) is 5.75 Å². The number of rotatable bonds is 9. The Morgan fingerprint density at radius 2 is 2.11 bits per heavy atom. The van der Waals surface area contributed by atoms with E-state index in [0.717, 1.165) is 42.5 Å². The number of carbonyl (C=O) groups excluding carboxylic acids is 1. The second kappa shape index (κ2) is 9.00. The van der Waals surface area contributed by atoms with Gasteiger partial charge in [0, 0.05) is 23.4 Å². The number of benzene rings is 1. The molecule has 1 aromatic heterocycles. The number of carbonyl (C=O) groups is 1. The van der Waals surface area contributed by atoms with Crippen LogP contribution in [-0.4, -0.2) is 33.2 Å². The highest BCUT2D eigenvalue weighted by Gasteiger charge is 2.27. The van der Waals surface area contributed by atoms with Gasteiger partial charge in [-0.25, -0.2) is 4.98 Å². The summed E-state index contributed by atoms with van der Waals surface area (Å²) in [5, 5.41) is 18.5. The van der Waals surface area contributed by atoms with Gasteiger partial charge in [-0.15, -0.1) is 0 Å². The lowest BCUT2D eigenvalue weighted by Crippen LogP contribution is -2.30. The summed E-state index contributed by atoms with van der Waals surface area (Å²) >= 11 is 0. The molecule has 5 heteroatoms. The molecule has 2 heterocycles. The maximum Gasteiger partial charge on any atom is 0.182 e. The van der Waals surface area contributed by atoms with Crippen molar-refractivity contribution in [2.24, 2.45) is 0 Å². The van der Waals surface area contributed by atoms with Crippen LogP contribution in [0.5, 0.6) is 5.75 Å². The molecule has 1 aliphatic rings. The number of aromatic nitrogens is 1. The number of Topliss-reactive ketones (excluding diaryl/α,β-unsaturated/α-hetero) is 1. The fourth-order valence-corrected chi connectivity index (χ4v) is 3.42. The van der Waals surface area contributed by atoms with Crippen molar-refractivity contribution in [3.63, 3.8) is 0 Å². The van der Waals surface area contributed by atoms with Crippen LogP contribution in [0.4, 0.5) is 0 Å². The molecule has 0 unspecified atom stereocenters. The van der Waals surface area contributed by atoms with Gasteiger partial charge in [-0.2, -0.15) is 0 Å². The summed E-state index contributed by atoms with van der Waals surface area (Å²) in [5.41, 5.74) is 3.98. The number of amidine groups is 1. The second-order valence-corrected chi connectivity index (χ2v) is 7.27. The average molecular weight is 378 g/mol. The van der Waals surface area contributed by atoms with Crippen molar-refractivity contribution in [1.29, 1.82) is 5.41 Å². The lowest BCUT2D eigenvalue weighted by atomic mass is 10.0. The van der Waals surface area contributed by atoms with Crippen molar-refractivity contribution >= 4 is 11.6 Å². The number of aromatic hydroxyl groups is 1. The van der Waals surface area contributed by atoms with Gasteiger partial charge in [0.15, 0.2) is 5.78 Å². The fraction of sp³-hybridized carbons (Fsp3) is 0.391. The van der Waals surface area contributed by atoms with E-state index < -0.39 is 0 Å². The van der Waals surface area contributed by atoms with Gasteiger partial charge in [0.25, 0.3) is 0 Å². The molecule has 0 atom stereocenters. The summed E-state index contributed by atoms with van der Waals surface area (Å²) in [6, 6.07) is 9.02. The lowest BCUT2D eigenvalue weighted by molar-refractivity contribution is 0.0962. The van der Waals surface area contributed by atoms with Crippen LogP contribution in [0.15, 0.2) is 30.3 Å². The Balaban J connectivity index is 1.67. The molecule has 1 aromatic carbocycles. The maximum absolute atomic E-state index is 12.8. The predicted octanol–water partition coefficient (Wildman–Crippen LogP) is 4.31. The number of nitrogens with zero attached hydrogens (tertiary/aromatic N) is 2. The SMILES string of the molecule is CCCC[CH]Cc1cc(C(=O)CN2Cc3ccc(CC)nc3C2=N)ccc1O. The summed E-state index contributed by atoms with van der Waals surface area (Å²) in [6.07, 6.45) is 6.90. The minimum absolute atomic E-state index is 0.0527. The summed E-state index contributed by atoms with van der Waals surface area (Å²) < 4.78 is 0. The van der Waals surface area contributed by atoms with E-state index in [1.807, 2.05) is 19.1 Å². The van der Waals surface area contributed by atoms with Gasteiger partial charge in [0.2, 0.25) is 0 Å². The maximum atomic E-state index is 12.8. The number of unbranched alkanes of at least 4 members (excludes halogenated alkanes) is 3. The Morgan fingerprint density at radius 3 is 2.86 bits per heavy atom. The number of fused-ring (bicyclic) bond motifs is 1. The van der Waals surface area contributed by atoms with Gasteiger partial charge in [0.05, 0.1) is 6.54 Å². The monoisotopic (exact) mass is 378 g/mol. The molecular weight excluding hydrogens is 350 g/mol. The summed E-state index contributed by atoms with van der Waals surface area (Å²) in [7, 11) is 0. The molecule has 1 aliphatic heterocycles. The van der Waals surface area contributed by atoms with Crippen LogP contribution in [-0.2, 0) is 19.4 Å². The van der Waals surface area contributed by atoms with Crippen molar-refractivity contribution in [3.05, 3.63) is 64.8 Å². The van der Waals surface area contributed by atoms with Gasteiger partial charge in [-0.05, 0) is 55.5 Å². The van der Waals surface area contributed by atoms with E-state index in [2.05, 4.69) is 18.3 Å². The number of ketones is 1. The molecule has 3 rings (SSSR count). The second-order valence-electron chi connectivity index (χ2n) is 7.27. The van der Waals surface area contributed by atoms with Crippen molar-refractivity contribution in [1.82, 2.24) is 9.88 Å². The number of hydrogen-bond acceptors (Lipinski definition) is 4. The van der Waals surface area contributed by atoms with Crippen molar-refractivity contribution in [2.45, 2.75) is 52.5 Å². The predicted molar refractivity (Wildman–Crippen MR) is 111 cm³/mol. The average Bonchev–Trinajstić information content (AvgIpc) is 3.01. The molecule has 0 fully saturated rings. The Labute approximate surface area is 166 Å². The molecule has 0 bridgehead atoms. The van der Waals surface area contributed by atoms with Crippen LogP contribution >= 0.6 is 0 Å². The van der Waals surface area contributed by atoms with Crippen molar-refractivity contribution < 1.29 is 9.90 Å². The first kappa shape index (κ1) is 20.1. The quantitative estimate of drug-likeness (QED) is 0.503. The Kier molecular flexibility index (Phi) is 6.45. The lowest BCUT2D eigenvalue weighted by Gasteiger charge is -2.17. The van der Waals surface area contributed by atoms with Gasteiger partial charge < -0.3 is 10.0 Å². The first-order valence-electron chi connectivity index (χ1n) is 10.0. The van der Waals surface area contributed by atoms with E-state index in [-0.39, 0.29) is 18.1 Å². The highest BCUT2D eigenvalue weighted by molar-refractivity contribution is 6.04. The largest absolute Gasteiger partial charge is 0.508 e. The number of phenols is 1. The first-order valence-corrected chi connectivity index (χ1v) is 10.0. The molecule has 2 N–H and O–H groups in total. The first-order chi connectivity index (χ1) is 13.5. The summed E-state index contributed by atoms with van der Waals surface area (Å²) in [5.74, 6) is 0.482. The standard InChI is InChI=1S/C23H28N3O2/c1-3-5-6-7-8-16-13-17(10-12-20(16)27)21(28)15-26-14-18-9-11-19(4-2)25-22(18)23(26)24/h7,9-13,24,27H,3-6,8,14-15H2,1-2H3. The zero-order valence-corrected chi connectivity index (χ0v) is 16.7. The third kappa shape index (κ3) is 4.41. The Hall–Kier alpha value is -2.69. The smallest absolute Gasteiger partial charge is 0.182 e. The van der Waals surface area contributed by atoms with Crippen LogP contribution in [0.1, 0.15) is 66.0 Å². The van der Waals surface area contributed by atoms with Crippen molar-refractivity contribution in [2.75, 3.05) is 6.54 Å². The normalized spacial score (nSPS) is 13.1. The number of pyridine rings is 1. The number of aryl methyl sites for hydroxylation is 1. The Morgan fingerprint density at radius 1 is 1.29 bits per heavy atom. The van der Waals surface area contributed by atoms with Crippen LogP contribution in [0.3, 0.4) is 0 Å². The zero-order chi connectivity index (χ0) is 20.1. The molecule has 0 spiro atoms. The molecular formula is C23H28N3O2. The highest BCUT2D eigenvalue weighted by Crippen LogP contribution is 2.24. The van der Waals surface area contributed by atoms with Gasteiger partial charge >= 0.3 is 0 Å². The van der Waals surface area contributed by atoms with Crippen LogP contribution in [0.2, 0.25) is 0 Å². The molecule has 5 nitrogen and oxygen atoms in total. The third-order valence-electron chi connectivity index (χ3n) is 5.16. The fourth-order valence-electron chi connectivity index (χ4n) is 3.42. The topological polar surface area (TPSA) is 77.3 Å². The van der Waals surface area contributed by atoms with E-state index in [0.29, 0.717) is 30.1 Å². The third-order valence-corrected chi connectivity index (χ3v) is 5.16. The summed E-state index contributed by atoms with van der Waals surface area (Å²) in [6.45, 7) is 4.86. The van der Waals surface area contributed by atoms with E-state index >= 15 is 0 Å². The van der Waals surface area contributed by atoms with E-state index in [1.54, 1.807) is 23.1 Å². The number of nitrogens with one attached hydrogen (secondary N) is 1. The molecule has 2 aromatic rings. The van der Waals surface area contributed by atoms with Gasteiger partial charge in [0.1, 0.15) is 17.3 Å². The van der Waals surface area contributed by atoms with E-state index in [1.165, 1.54) is 0 Å². The van der Waals surface area contributed by atoms with Crippen LogP contribution in [0.25, 0.3) is 0 Å². The van der Waals surface area contributed by atoms with Gasteiger partial charge in [-0.1, -0.05) is 32.8 Å². The molecule has 147 valence electrons. The van der Waals surface area contributed by atoms with E-state index in [9.17, 15) is 9.90 Å². The molecule has 0 amide bonds. The molecule has 1 radical (unpaired) electrons. The zero-order valence-electron chi connectivity index (χ0n) is 16.7. The van der Waals surface area contributed by atoms with Crippen LogP contribution in [0, 0.1) is 11.8 Å². The minimum atomic E-state index is -0.0527.